The standard InChI is InChI=1S/C10H10FIO/c11-10(12)6-7-13-8-9-4-2-1-3-5-9/h1-6H,7-8H2/b10-6+. The lowest BCUT2D eigenvalue weighted by atomic mass is 10.2. The third-order valence-electron chi connectivity index (χ3n) is 1.47. The first-order valence-electron chi connectivity index (χ1n) is 3.92. The van der Waals surface area contributed by atoms with Crippen LogP contribution >= 0.6 is 22.6 Å². The molecule has 0 N–H and O–H groups in total. The smallest absolute Gasteiger partial charge is 0.158 e. The first-order chi connectivity index (χ1) is 6.29. The second kappa shape index (κ2) is 6.10. The summed E-state index contributed by atoms with van der Waals surface area (Å²) in [5.41, 5.74) is 1.10. The van der Waals surface area contributed by atoms with Gasteiger partial charge in [0.1, 0.15) is 0 Å². The molecule has 0 heterocycles. The summed E-state index contributed by atoms with van der Waals surface area (Å²) in [6.45, 7) is 0.852. The van der Waals surface area contributed by atoms with Crippen LogP contribution in [0.3, 0.4) is 0 Å². The van der Waals surface area contributed by atoms with Gasteiger partial charge < -0.3 is 4.74 Å². The number of ether oxygens (including phenoxy) is 1. The lowest BCUT2D eigenvalue weighted by Crippen LogP contribution is -1.92. The second-order valence-corrected chi connectivity index (χ2v) is 3.53. The van der Waals surface area contributed by atoms with E-state index in [9.17, 15) is 4.39 Å². The molecule has 3 heteroatoms. The van der Waals surface area contributed by atoms with E-state index < -0.39 is 0 Å². The summed E-state index contributed by atoms with van der Waals surface area (Å²) in [5, 5.41) is 0. The average Bonchev–Trinajstić information content (AvgIpc) is 2.14. The van der Waals surface area contributed by atoms with Crippen LogP contribution in [0.4, 0.5) is 4.39 Å². The van der Waals surface area contributed by atoms with E-state index in [2.05, 4.69) is 0 Å². The van der Waals surface area contributed by atoms with Crippen molar-refractivity contribution >= 4 is 22.6 Å². The van der Waals surface area contributed by atoms with Crippen LogP contribution in [0, 0.1) is 0 Å². The van der Waals surface area contributed by atoms with Gasteiger partial charge in [-0.25, -0.2) is 4.39 Å². The predicted octanol–water partition coefficient (Wildman–Crippen LogP) is 3.45. The zero-order valence-electron chi connectivity index (χ0n) is 7.04. The molecule has 0 aromatic heterocycles. The summed E-state index contributed by atoms with van der Waals surface area (Å²) in [5.74, 6) is 0. The van der Waals surface area contributed by atoms with Gasteiger partial charge >= 0.3 is 0 Å². The third kappa shape index (κ3) is 5.00. The summed E-state index contributed by atoms with van der Waals surface area (Å²) < 4.78 is 17.2. The normalized spacial score (nSPS) is 11.7. The Labute approximate surface area is 90.7 Å². The molecule has 70 valence electrons. The van der Waals surface area contributed by atoms with Crippen molar-refractivity contribution < 1.29 is 9.13 Å². The van der Waals surface area contributed by atoms with E-state index in [1.807, 2.05) is 30.3 Å². The molecule has 13 heavy (non-hydrogen) atoms. The van der Waals surface area contributed by atoms with Gasteiger partial charge in [0.2, 0.25) is 0 Å². The minimum atomic E-state index is -0.231. The molecule has 0 spiro atoms. The van der Waals surface area contributed by atoms with Crippen molar-refractivity contribution in [3.05, 3.63) is 45.8 Å². The molecule has 0 atom stereocenters. The van der Waals surface area contributed by atoms with E-state index in [0.29, 0.717) is 13.2 Å². The molecule has 0 aliphatic heterocycles. The molecule has 1 rings (SSSR count). The highest BCUT2D eigenvalue weighted by Gasteiger charge is 1.90. The van der Waals surface area contributed by atoms with Gasteiger partial charge in [0.15, 0.2) is 3.83 Å². The van der Waals surface area contributed by atoms with E-state index in [-0.39, 0.29) is 3.83 Å². The molecule has 1 aromatic rings. The maximum Gasteiger partial charge on any atom is 0.158 e. The molecule has 0 radical (unpaired) electrons. The largest absolute Gasteiger partial charge is 0.373 e. The van der Waals surface area contributed by atoms with Crippen molar-refractivity contribution in [1.82, 2.24) is 0 Å². The van der Waals surface area contributed by atoms with E-state index in [0.717, 1.165) is 5.56 Å². The van der Waals surface area contributed by atoms with Crippen molar-refractivity contribution in [2.24, 2.45) is 0 Å². The maximum atomic E-state index is 12.2. The lowest BCUT2D eigenvalue weighted by Gasteiger charge is -2.00. The van der Waals surface area contributed by atoms with Gasteiger partial charge in [0, 0.05) is 0 Å². The van der Waals surface area contributed by atoms with Gasteiger partial charge in [-0.3, -0.25) is 0 Å². The zero-order valence-corrected chi connectivity index (χ0v) is 9.20. The first-order valence-corrected chi connectivity index (χ1v) is 5.00. The van der Waals surface area contributed by atoms with E-state index in [1.165, 1.54) is 6.08 Å². The Bertz CT molecular complexity index is 268. The number of hydrogen-bond acceptors (Lipinski definition) is 1. The highest BCUT2D eigenvalue weighted by molar-refractivity contribution is 14.1. The molecular formula is C10H10FIO. The molecule has 0 saturated heterocycles. The SMILES string of the molecule is F/C(I)=C\COCc1ccccc1. The minimum Gasteiger partial charge on any atom is -0.373 e. The lowest BCUT2D eigenvalue weighted by molar-refractivity contribution is 0.148. The van der Waals surface area contributed by atoms with Crippen molar-refractivity contribution in [3.8, 4) is 0 Å². The van der Waals surface area contributed by atoms with Crippen molar-refractivity contribution in [2.45, 2.75) is 6.61 Å². The van der Waals surface area contributed by atoms with Crippen LogP contribution in [-0.2, 0) is 11.3 Å². The van der Waals surface area contributed by atoms with Crippen molar-refractivity contribution in [2.75, 3.05) is 6.61 Å². The molecular weight excluding hydrogens is 282 g/mol. The van der Waals surface area contributed by atoms with Gasteiger partial charge in [-0.05, 0) is 34.2 Å². The topological polar surface area (TPSA) is 9.23 Å². The molecule has 0 bridgehead atoms. The predicted molar refractivity (Wildman–Crippen MR) is 59.3 cm³/mol. The Morgan fingerprint density at radius 1 is 1.38 bits per heavy atom. The molecule has 0 aliphatic rings. The van der Waals surface area contributed by atoms with E-state index >= 15 is 0 Å². The van der Waals surface area contributed by atoms with E-state index in [1.54, 1.807) is 22.6 Å². The van der Waals surface area contributed by atoms with Crippen molar-refractivity contribution in [3.63, 3.8) is 0 Å². The number of benzene rings is 1. The van der Waals surface area contributed by atoms with Crippen LogP contribution in [0.2, 0.25) is 0 Å². The van der Waals surface area contributed by atoms with Crippen LogP contribution in [0.1, 0.15) is 5.56 Å². The Hall–Kier alpha value is -0.420. The fourth-order valence-electron chi connectivity index (χ4n) is 0.873. The number of rotatable bonds is 4. The second-order valence-electron chi connectivity index (χ2n) is 2.49. The van der Waals surface area contributed by atoms with Gasteiger partial charge in [0.25, 0.3) is 0 Å². The Kier molecular flexibility index (Phi) is 5.00. The Balaban J connectivity index is 2.25. The highest BCUT2D eigenvalue weighted by Crippen LogP contribution is 2.06. The maximum absolute atomic E-state index is 12.2. The molecule has 0 saturated carbocycles. The molecule has 0 unspecified atom stereocenters. The highest BCUT2D eigenvalue weighted by atomic mass is 127. The summed E-state index contributed by atoms with van der Waals surface area (Å²) >= 11 is 1.61. The average molecular weight is 292 g/mol. The fourth-order valence-corrected chi connectivity index (χ4v) is 1.05. The van der Waals surface area contributed by atoms with Crippen LogP contribution in [-0.4, -0.2) is 6.61 Å². The van der Waals surface area contributed by atoms with E-state index in [4.69, 9.17) is 4.74 Å². The van der Waals surface area contributed by atoms with Gasteiger partial charge in [-0.2, -0.15) is 0 Å². The van der Waals surface area contributed by atoms with Crippen LogP contribution < -0.4 is 0 Å². The van der Waals surface area contributed by atoms with Crippen LogP contribution in [0.5, 0.6) is 0 Å². The zero-order chi connectivity index (χ0) is 9.52. The Morgan fingerprint density at radius 2 is 2.08 bits per heavy atom. The summed E-state index contributed by atoms with van der Waals surface area (Å²) in [6, 6.07) is 9.81. The quantitative estimate of drug-likeness (QED) is 0.610. The molecule has 0 aliphatic carbocycles. The number of hydrogen-bond donors (Lipinski definition) is 0. The fraction of sp³-hybridized carbons (Fsp3) is 0.200. The minimum absolute atomic E-state index is 0.231. The molecule has 0 amide bonds. The molecule has 0 fully saturated rings. The third-order valence-corrected chi connectivity index (χ3v) is 1.91. The van der Waals surface area contributed by atoms with Gasteiger partial charge in [0.05, 0.1) is 13.2 Å². The van der Waals surface area contributed by atoms with Crippen molar-refractivity contribution in [1.29, 1.82) is 0 Å². The monoisotopic (exact) mass is 292 g/mol. The molecule has 1 aromatic carbocycles. The van der Waals surface area contributed by atoms with Crippen LogP contribution in [0.25, 0.3) is 0 Å². The summed E-state index contributed by atoms with van der Waals surface area (Å²) in [6.07, 6.45) is 1.41. The molecule has 1 nitrogen and oxygen atoms in total. The van der Waals surface area contributed by atoms with Crippen LogP contribution in [0.15, 0.2) is 40.2 Å². The van der Waals surface area contributed by atoms with Gasteiger partial charge in [-0.1, -0.05) is 30.3 Å². The first kappa shape index (κ1) is 10.7. The number of halogens is 2. The summed E-state index contributed by atoms with van der Waals surface area (Å²) in [4.78, 5) is 0. The Morgan fingerprint density at radius 3 is 2.69 bits per heavy atom. The van der Waals surface area contributed by atoms with Gasteiger partial charge in [-0.15, -0.1) is 0 Å². The summed E-state index contributed by atoms with van der Waals surface area (Å²) in [7, 11) is 0.